The Kier molecular flexibility index (Phi) is 8.85. The minimum Gasteiger partial charge on any atom is -0.351 e. The number of nitrogens with one attached hydrogen (secondary N) is 2. The Hall–Kier alpha value is -3.65. The molecule has 0 bridgehead atoms. The summed E-state index contributed by atoms with van der Waals surface area (Å²) < 4.78 is 3.53. The number of hydrogen-bond acceptors (Lipinski definition) is 4. The summed E-state index contributed by atoms with van der Waals surface area (Å²) in [4.78, 5) is 43.3. The first-order valence-corrected chi connectivity index (χ1v) is 14.8. The van der Waals surface area contributed by atoms with Crippen molar-refractivity contribution in [3.05, 3.63) is 81.9 Å². The average molecular weight is 544 g/mol. The van der Waals surface area contributed by atoms with Gasteiger partial charge in [-0.3, -0.25) is 18.7 Å². The molecular weight excluding hydrogens is 502 g/mol. The molecule has 2 heterocycles. The maximum absolute atomic E-state index is 14.6. The smallest absolute Gasteiger partial charge is 0.329 e. The maximum atomic E-state index is 14.6. The summed E-state index contributed by atoms with van der Waals surface area (Å²) >= 11 is 0. The van der Waals surface area contributed by atoms with Crippen molar-refractivity contribution >= 4 is 11.8 Å². The predicted molar refractivity (Wildman–Crippen MR) is 158 cm³/mol. The fraction of sp³-hybridized carbons (Fsp3) is 0.469. The van der Waals surface area contributed by atoms with E-state index in [1.807, 2.05) is 58.9 Å². The lowest BCUT2D eigenvalue weighted by atomic mass is 9.89. The second-order valence-corrected chi connectivity index (χ2v) is 10.9. The molecule has 2 aliphatic rings. The molecule has 5 rings (SSSR count). The van der Waals surface area contributed by atoms with Crippen molar-refractivity contribution in [2.45, 2.75) is 71.0 Å². The summed E-state index contributed by atoms with van der Waals surface area (Å²) in [7, 11) is 0. The summed E-state index contributed by atoms with van der Waals surface area (Å²) in [6.45, 7) is 6.91. The first-order valence-electron chi connectivity index (χ1n) is 14.8. The highest BCUT2D eigenvalue weighted by Crippen LogP contribution is 2.35. The minimum absolute atomic E-state index is 0.0147. The summed E-state index contributed by atoms with van der Waals surface area (Å²) in [5.41, 5.74) is 3.92. The van der Waals surface area contributed by atoms with E-state index in [9.17, 15) is 14.4 Å². The molecule has 2 N–H and O–H groups in total. The van der Waals surface area contributed by atoms with Crippen LogP contribution in [0.4, 0.5) is 0 Å². The molecule has 2 fully saturated rings. The lowest BCUT2D eigenvalue weighted by Gasteiger charge is -2.34. The first-order chi connectivity index (χ1) is 19.5. The minimum atomic E-state index is -0.232. The largest absolute Gasteiger partial charge is 0.351 e. The summed E-state index contributed by atoms with van der Waals surface area (Å²) in [5, 5.41) is 6.52. The average Bonchev–Trinajstić information content (AvgIpc) is 3.29. The van der Waals surface area contributed by atoms with E-state index < -0.39 is 0 Å². The van der Waals surface area contributed by atoms with Crippen LogP contribution in [-0.4, -0.2) is 58.1 Å². The van der Waals surface area contributed by atoms with Crippen LogP contribution in [0, 0.1) is 0 Å². The molecule has 0 spiro atoms. The van der Waals surface area contributed by atoms with Gasteiger partial charge in [0.15, 0.2) is 0 Å². The molecule has 1 saturated carbocycles. The summed E-state index contributed by atoms with van der Waals surface area (Å²) in [6, 6.07) is 17.6. The zero-order chi connectivity index (χ0) is 28.1. The van der Waals surface area contributed by atoms with Crippen molar-refractivity contribution in [2.75, 3.05) is 26.2 Å². The molecule has 1 unspecified atom stereocenters. The van der Waals surface area contributed by atoms with Crippen molar-refractivity contribution in [1.82, 2.24) is 24.7 Å². The molecular formula is C32H41N5O3. The number of carbonyl (C=O) groups excluding carboxylic acids is 2. The fourth-order valence-electron chi connectivity index (χ4n) is 6.15. The molecule has 2 amide bonds. The van der Waals surface area contributed by atoms with Crippen LogP contribution in [0.2, 0.25) is 0 Å². The van der Waals surface area contributed by atoms with E-state index in [-0.39, 0.29) is 29.6 Å². The number of imidazole rings is 1. The highest BCUT2D eigenvalue weighted by Gasteiger charge is 2.36. The SMILES string of the molecule is CCC(=O)N[C@H]1CCCCC1n1c(-c2ccccc2)c(C(=O)N2CCNCC2)n(Cc2cccc(CC)c2)c1=O. The third-order valence-corrected chi connectivity index (χ3v) is 8.30. The second kappa shape index (κ2) is 12.7. The number of carbonyl (C=O) groups is 2. The predicted octanol–water partition coefficient (Wildman–Crippen LogP) is 3.98. The van der Waals surface area contributed by atoms with E-state index in [4.69, 9.17) is 0 Å². The quantitative estimate of drug-likeness (QED) is 0.450. The van der Waals surface area contributed by atoms with E-state index in [2.05, 4.69) is 29.7 Å². The zero-order valence-electron chi connectivity index (χ0n) is 23.7. The highest BCUT2D eigenvalue weighted by molar-refractivity contribution is 5.99. The van der Waals surface area contributed by atoms with Gasteiger partial charge in [-0.2, -0.15) is 0 Å². The molecule has 0 radical (unpaired) electrons. The monoisotopic (exact) mass is 543 g/mol. The number of aryl methyl sites for hydroxylation is 1. The van der Waals surface area contributed by atoms with Gasteiger partial charge in [0.1, 0.15) is 5.69 Å². The Morgan fingerprint density at radius 1 is 0.950 bits per heavy atom. The van der Waals surface area contributed by atoms with Gasteiger partial charge < -0.3 is 15.5 Å². The lowest BCUT2D eigenvalue weighted by Crippen LogP contribution is -2.47. The van der Waals surface area contributed by atoms with Gasteiger partial charge in [-0.05, 0) is 30.4 Å². The number of benzene rings is 2. The summed E-state index contributed by atoms with van der Waals surface area (Å²) in [6.07, 6.45) is 4.83. The van der Waals surface area contributed by atoms with Crippen LogP contribution >= 0.6 is 0 Å². The van der Waals surface area contributed by atoms with Gasteiger partial charge in [-0.15, -0.1) is 0 Å². The van der Waals surface area contributed by atoms with Gasteiger partial charge in [0.25, 0.3) is 5.91 Å². The maximum Gasteiger partial charge on any atom is 0.329 e. The van der Waals surface area contributed by atoms with E-state index in [1.54, 1.807) is 4.57 Å². The number of amides is 2. The second-order valence-electron chi connectivity index (χ2n) is 10.9. The topological polar surface area (TPSA) is 88.4 Å². The standard InChI is InChI=1S/C32H41N5O3/c1-3-23-11-10-12-24(21-23)22-36-30(31(39)35-19-17-33-18-20-35)29(25-13-6-5-7-14-25)37(32(36)40)27-16-9-8-15-26(27)34-28(38)4-2/h5-7,10-14,21,26-27,33H,3-4,8-9,15-20,22H2,1-2H3,(H,34,38)/t26-,27?/m0/s1. The van der Waals surface area contributed by atoms with Gasteiger partial charge in [-0.1, -0.05) is 81.3 Å². The molecule has 1 aliphatic heterocycles. The third kappa shape index (κ3) is 5.77. The molecule has 40 heavy (non-hydrogen) atoms. The van der Waals surface area contributed by atoms with Crippen LogP contribution in [0.3, 0.4) is 0 Å². The van der Waals surface area contributed by atoms with Gasteiger partial charge in [-0.25, -0.2) is 4.79 Å². The number of aromatic nitrogens is 2. The Balaban J connectivity index is 1.73. The van der Waals surface area contributed by atoms with Crippen LogP contribution in [0.25, 0.3) is 11.3 Å². The van der Waals surface area contributed by atoms with Crippen molar-refractivity contribution < 1.29 is 9.59 Å². The van der Waals surface area contributed by atoms with Gasteiger partial charge in [0.05, 0.1) is 18.3 Å². The van der Waals surface area contributed by atoms with E-state index in [0.29, 0.717) is 37.4 Å². The molecule has 212 valence electrons. The van der Waals surface area contributed by atoms with Crippen molar-refractivity contribution in [3.63, 3.8) is 0 Å². The van der Waals surface area contributed by atoms with Crippen molar-refractivity contribution in [1.29, 1.82) is 0 Å². The fourth-order valence-corrected chi connectivity index (χ4v) is 6.15. The molecule has 2 atom stereocenters. The first kappa shape index (κ1) is 27.9. The van der Waals surface area contributed by atoms with Gasteiger partial charge in [0.2, 0.25) is 5.91 Å². The van der Waals surface area contributed by atoms with Crippen LogP contribution in [0.5, 0.6) is 0 Å². The van der Waals surface area contributed by atoms with Crippen LogP contribution in [0.1, 0.15) is 73.6 Å². The van der Waals surface area contributed by atoms with Crippen LogP contribution < -0.4 is 16.3 Å². The molecule has 8 nitrogen and oxygen atoms in total. The molecule has 1 aromatic heterocycles. The highest BCUT2D eigenvalue weighted by atomic mass is 16.2. The Morgan fingerprint density at radius 2 is 1.68 bits per heavy atom. The zero-order valence-corrected chi connectivity index (χ0v) is 23.7. The molecule has 1 saturated heterocycles. The van der Waals surface area contributed by atoms with Crippen LogP contribution in [0.15, 0.2) is 59.4 Å². The normalized spacial score (nSPS) is 19.4. The number of rotatable bonds is 8. The van der Waals surface area contributed by atoms with E-state index in [0.717, 1.165) is 56.3 Å². The molecule has 2 aromatic carbocycles. The molecule has 1 aliphatic carbocycles. The Bertz CT molecular complexity index is 1390. The number of hydrogen-bond donors (Lipinski definition) is 2. The summed E-state index contributed by atoms with van der Waals surface area (Å²) in [5.74, 6) is -0.132. The number of piperazine rings is 1. The van der Waals surface area contributed by atoms with Crippen molar-refractivity contribution in [2.24, 2.45) is 0 Å². The van der Waals surface area contributed by atoms with Crippen LogP contribution in [-0.2, 0) is 17.8 Å². The van der Waals surface area contributed by atoms with Gasteiger partial charge >= 0.3 is 5.69 Å². The van der Waals surface area contributed by atoms with E-state index >= 15 is 0 Å². The Labute approximate surface area is 236 Å². The lowest BCUT2D eigenvalue weighted by molar-refractivity contribution is -0.122. The third-order valence-electron chi connectivity index (χ3n) is 8.30. The molecule has 8 heteroatoms. The number of nitrogens with zero attached hydrogens (tertiary/aromatic N) is 3. The molecule has 3 aromatic rings. The Morgan fingerprint density at radius 3 is 2.40 bits per heavy atom. The van der Waals surface area contributed by atoms with E-state index in [1.165, 1.54) is 5.56 Å². The van der Waals surface area contributed by atoms with Crippen molar-refractivity contribution in [3.8, 4) is 11.3 Å². The van der Waals surface area contributed by atoms with Gasteiger partial charge in [0, 0.05) is 44.2 Å².